The van der Waals surface area contributed by atoms with Gasteiger partial charge in [-0.1, -0.05) is 44.2 Å². The zero-order valence-corrected chi connectivity index (χ0v) is 17.4. The van der Waals surface area contributed by atoms with Crippen molar-refractivity contribution in [2.75, 3.05) is 32.1 Å². The van der Waals surface area contributed by atoms with E-state index < -0.39 is 6.09 Å². The lowest BCUT2D eigenvalue weighted by atomic mass is 9.92. The van der Waals surface area contributed by atoms with Crippen molar-refractivity contribution in [3.63, 3.8) is 0 Å². The highest BCUT2D eigenvalue weighted by Gasteiger charge is 2.28. The average molecular weight is 420 g/mol. The number of rotatable bonds is 7. The number of carbonyl (C=O) groups excluding carboxylic acids is 1. The van der Waals surface area contributed by atoms with Gasteiger partial charge in [-0.2, -0.15) is 0 Å². The highest BCUT2D eigenvalue weighted by molar-refractivity contribution is 9.10. The van der Waals surface area contributed by atoms with Crippen LogP contribution in [0.1, 0.15) is 19.4 Å². The molecule has 0 fully saturated rings. The van der Waals surface area contributed by atoms with E-state index in [1.165, 1.54) is 0 Å². The summed E-state index contributed by atoms with van der Waals surface area (Å²) in [6.45, 7) is 5.84. The average Bonchev–Trinajstić information content (AvgIpc) is 2.58. The second-order valence-corrected chi connectivity index (χ2v) is 8.28. The van der Waals surface area contributed by atoms with E-state index >= 15 is 0 Å². The van der Waals surface area contributed by atoms with Gasteiger partial charge in [0, 0.05) is 23.8 Å². The lowest BCUT2D eigenvalue weighted by molar-refractivity contribution is 0.141. The molecular formula is C20H26BrN3O2. The summed E-state index contributed by atoms with van der Waals surface area (Å²) >= 11 is 3.38. The molecule has 0 radical (unpaired) electrons. The Kier molecular flexibility index (Phi) is 7.17. The molecule has 1 heterocycles. The van der Waals surface area contributed by atoms with Crippen molar-refractivity contribution in [3.8, 4) is 0 Å². The number of ether oxygens (including phenoxy) is 1. The fraction of sp³-hybridized carbons (Fsp3) is 0.400. The number of halogens is 1. The third kappa shape index (κ3) is 6.42. The highest BCUT2D eigenvalue weighted by atomic mass is 79.9. The second-order valence-electron chi connectivity index (χ2n) is 7.36. The van der Waals surface area contributed by atoms with Gasteiger partial charge in [0.15, 0.2) is 0 Å². The fourth-order valence-corrected chi connectivity index (χ4v) is 3.13. The van der Waals surface area contributed by atoms with Gasteiger partial charge in [0.05, 0.1) is 0 Å². The van der Waals surface area contributed by atoms with Gasteiger partial charge in [-0.25, -0.2) is 9.78 Å². The molecule has 6 heteroatoms. The summed E-state index contributed by atoms with van der Waals surface area (Å²) in [6.07, 6.45) is 1.29. The molecule has 0 aliphatic heterocycles. The summed E-state index contributed by atoms with van der Waals surface area (Å²) in [5.74, 6) is 0.582. The topological polar surface area (TPSA) is 45.7 Å². The first-order valence-electron chi connectivity index (χ1n) is 8.51. The van der Waals surface area contributed by atoms with Crippen molar-refractivity contribution in [3.05, 3.63) is 58.7 Å². The van der Waals surface area contributed by atoms with E-state index in [0.29, 0.717) is 12.4 Å². The number of amides is 1. The molecule has 1 amide bonds. The Bertz CT molecular complexity index is 703. The van der Waals surface area contributed by atoms with Crippen LogP contribution >= 0.6 is 15.9 Å². The van der Waals surface area contributed by atoms with E-state index in [-0.39, 0.29) is 12.0 Å². The van der Waals surface area contributed by atoms with E-state index in [1.54, 1.807) is 11.1 Å². The number of pyridine rings is 1. The molecule has 2 aromatic rings. The predicted octanol–water partition coefficient (Wildman–Crippen LogP) is 4.58. The van der Waals surface area contributed by atoms with Crippen molar-refractivity contribution < 1.29 is 9.53 Å². The van der Waals surface area contributed by atoms with Crippen molar-refractivity contribution in [1.29, 1.82) is 0 Å². The Morgan fingerprint density at radius 3 is 2.38 bits per heavy atom. The molecule has 0 saturated carbocycles. The Morgan fingerprint density at radius 2 is 1.81 bits per heavy atom. The van der Waals surface area contributed by atoms with Crippen molar-refractivity contribution in [2.45, 2.75) is 20.5 Å². The van der Waals surface area contributed by atoms with Gasteiger partial charge in [0.2, 0.25) is 0 Å². The molecule has 0 atom stereocenters. The van der Waals surface area contributed by atoms with E-state index in [1.807, 2.05) is 56.6 Å². The Hall–Kier alpha value is -1.92. The van der Waals surface area contributed by atoms with Crippen LogP contribution in [0.3, 0.4) is 0 Å². The summed E-state index contributed by atoms with van der Waals surface area (Å²) in [6, 6.07) is 13.4. The quantitative estimate of drug-likeness (QED) is 0.658. The largest absolute Gasteiger partial charge is 0.444 e. The minimum atomic E-state index is -0.393. The Balaban J connectivity index is 2.16. The Morgan fingerprint density at radius 1 is 1.12 bits per heavy atom. The molecule has 140 valence electrons. The summed E-state index contributed by atoms with van der Waals surface area (Å²) in [5, 5.41) is 0. The SMILES string of the molecule is CN(C)CC(C)(C)CN(C(=O)OCc1ccccc1)c1ccc(Br)cn1. The van der Waals surface area contributed by atoms with Gasteiger partial charge in [-0.3, -0.25) is 4.90 Å². The van der Waals surface area contributed by atoms with Crippen LogP contribution in [0.4, 0.5) is 10.6 Å². The molecule has 0 bridgehead atoms. The van der Waals surface area contributed by atoms with Crippen molar-refractivity contribution in [1.82, 2.24) is 9.88 Å². The van der Waals surface area contributed by atoms with Crippen LogP contribution in [0.25, 0.3) is 0 Å². The van der Waals surface area contributed by atoms with E-state index in [0.717, 1.165) is 16.6 Å². The van der Waals surface area contributed by atoms with Gasteiger partial charge in [0.25, 0.3) is 0 Å². The van der Waals surface area contributed by atoms with Crippen LogP contribution in [-0.2, 0) is 11.3 Å². The smallest absolute Gasteiger partial charge is 0.415 e. The first-order valence-corrected chi connectivity index (χ1v) is 9.31. The van der Waals surface area contributed by atoms with Gasteiger partial charge in [0.1, 0.15) is 12.4 Å². The monoisotopic (exact) mass is 419 g/mol. The molecule has 1 aromatic heterocycles. The minimum absolute atomic E-state index is 0.121. The van der Waals surface area contributed by atoms with Gasteiger partial charge in [-0.15, -0.1) is 0 Å². The fourth-order valence-electron chi connectivity index (χ4n) is 2.90. The number of anilines is 1. The summed E-state index contributed by atoms with van der Waals surface area (Å²) in [7, 11) is 4.05. The maximum atomic E-state index is 12.8. The first-order chi connectivity index (χ1) is 12.3. The number of hydrogen-bond acceptors (Lipinski definition) is 4. The van der Waals surface area contributed by atoms with Crippen LogP contribution in [0.15, 0.2) is 53.1 Å². The van der Waals surface area contributed by atoms with E-state index in [9.17, 15) is 4.79 Å². The summed E-state index contributed by atoms with van der Waals surface area (Å²) in [5.41, 5.74) is 0.835. The molecule has 2 rings (SSSR count). The maximum absolute atomic E-state index is 12.8. The third-order valence-corrected chi connectivity index (χ3v) is 4.21. The van der Waals surface area contributed by atoms with Gasteiger partial charge >= 0.3 is 6.09 Å². The predicted molar refractivity (Wildman–Crippen MR) is 108 cm³/mol. The number of hydrogen-bond donors (Lipinski definition) is 0. The number of nitrogens with zero attached hydrogens (tertiary/aromatic N) is 3. The number of carbonyl (C=O) groups is 1. The summed E-state index contributed by atoms with van der Waals surface area (Å²) < 4.78 is 6.41. The lowest BCUT2D eigenvalue weighted by Crippen LogP contribution is -2.43. The molecular weight excluding hydrogens is 394 g/mol. The molecule has 5 nitrogen and oxygen atoms in total. The maximum Gasteiger partial charge on any atom is 0.415 e. The zero-order chi connectivity index (χ0) is 19.2. The molecule has 0 N–H and O–H groups in total. The molecule has 0 unspecified atom stereocenters. The highest BCUT2D eigenvalue weighted by Crippen LogP contribution is 2.24. The number of aromatic nitrogens is 1. The van der Waals surface area contributed by atoms with Gasteiger partial charge < -0.3 is 9.64 Å². The molecule has 0 spiro atoms. The molecule has 1 aromatic carbocycles. The zero-order valence-electron chi connectivity index (χ0n) is 15.8. The molecule has 0 aliphatic carbocycles. The van der Waals surface area contributed by atoms with Crippen LogP contribution in [0, 0.1) is 5.41 Å². The van der Waals surface area contributed by atoms with E-state index in [4.69, 9.17) is 4.74 Å². The number of benzene rings is 1. The first kappa shape index (κ1) is 20.4. The van der Waals surface area contributed by atoms with Crippen molar-refractivity contribution >= 4 is 27.8 Å². The van der Waals surface area contributed by atoms with Crippen LogP contribution < -0.4 is 4.90 Å². The third-order valence-electron chi connectivity index (χ3n) is 3.74. The molecule has 0 saturated heterocycles. The van der Waals surface area contributed by atoms with Crippen LogP contribution in [0.5, 0.6) is 0 Å². The summed E-state index contributed by atoms with van der Waals surface area (Å²) in [4.78, 5) is 20.9. The lowest BCUT2D eigenvalue weighted by Gasteiger charge is -2.33. The molecule has 0 aliphatic rings. The van der Waals surface area contributed by atoms with Crippen LogP contribution in [-0.4, -0.2) is 43.2 Å². The second kappa shape index (κ2) is 9.14. The van der Waals surface area contributed by atoms with Gasteiger partial charge in [-0.05, 0) is 53.1 Å². The standard InChI is InChI=1S/C20H26BrN3O2/c1-20(2,14-23(3)4)15-24(18-11-10-17(21)12-22-18)19(25)26-13-16-8-6-5-7-9-16/h5-12H,13-15H2,1-4H3. The van der Waals surface area contributed by atoms with Crippen molar-refractivity contribution in [2.24, 2.45) is 5.41 Å². The van der Waals surface area contributed by atoms with E-state index in [2.05, 4.69) is 39.7 Å². The Labute approximate surface area is 164 Å². The minimum Gasteiger partial charge on any atom is -0.444 e. The van der Waals surface area contributed by atoms with Crippen LogP contribution in [0.2, 0.25) is 0 Å². The molecule has 26 heavy (non-hydrogen) atoms. The normalized spacial score (nSPS) is 11.5.